The average Bonchev–Trinajstić information content (AvgIpc) is 2.20. The molecule has 0 fully saturated rings. The highest BCUT2D eigenvalue weighted by molar-refractivity contribution is 7.90. The van der Waals surface area contributed by atoms with Crippen molar-refractivity contribution in [2.45, 2.75) is 38.5 Å². The third-order valence-electron chi connectivity index (χ3n) is 2.44. The summed E-state index contributed by atoms with van der Waals surface area (Å²) in [6.07, 6.45) is 0.656. The van der Waals surface area contributed by atoms with Crippen molar-refractivity contribution in [1.82, 2.24) is 4.72 Å². The first kappa shape index (κ1) is 14.5. The Morgan fingerprint density at radius 2 is 1.71 bits per heavy atom. The molecule has 0 saturated heterocycles. The number of benzene rings is 1. The summed E-state index contributed by atoms with van der Waals surface area (Å²) in [6, 6.07) is 7.30. The second-order valence-electron chi connectivity index (χ2n) is 4.44. The van der Waals surface area contributed by atoms with Gasteiger partial charge in [-0.3, -0.25) is 0 Å². The van der Waals surface area contributed by atoms with Gasteiger partial charge in [0.1, 0.15) is 0 Å². The minimum absolute atomic E-state index is 0.122. The van der Waals surface area contributed by atoms with Crippen molar-refractivity contribution in [3.63, 3.8) is 0 Å². The third kappa shape index (κ3) is 4.66. The van der Waals surface area contributed by atoms with Crippen molar-refractivity contribution < 1.29 is 8.42 Å². The zero-order chi connectivity index (χ0) is 13.1. The zero-order valence-electron chi connectivity index (χ0n) is 10.3. The summed E-state index contributed by atoms with van der Waals surface area (Å²) in [7, 11) is -3.20. The van der Waals surface area contributed by atoms with Crippen LogP contribution in [-0.2, 0) is 16.4 Å². The molecule has 0 amide bonds. The molecule has 3 nitrogen and oxygen atoms in total. The number of halogens is 1. The predicted molar refractivity (Wildman–Crippen MR) is 71.8 cm³/mol. The van der Waals surface area contributed by atoms with Crippen LogP contribution in [0, 0.1) is 0 Å². The van der Waals surface area contributed by atoms with Crippen LogP contribution in [0.5, 0.6) is 0 Å². The SMILES string of the molecule is CC(Cc1ccc(Cl)cc1)NS(=O)(=O)C(C)C. The van der Waals surface area contributed by atoms with Crippen LogP contribution in [0.3, 0.4) is 0 Å². The highest BCUT2D eigenvalue weighted by Gasteiger charge is 2.18. The number of hydrogen-bond acceptors (Lipinski definition) is 2. The molecule has 17 heavy (non-hydrogen) atoms. The highest BCUT2D eigenvalue weighted by Crippen LogP contribution is 2.11. The van der Waals surface area contributed by atoms with Gasteiger partial charge < -0.3 is 0 Å². The van der Waals surface area contributed by atoms with Crippen LogP contribution in [-0.4, -0.2) is 19.7 Å². The number of sulfonamides is 1. The fourth-order valence-electron chi connectivity index (χ4n) is 1.43. The number of hydrogen-bond donors (Lipinski definition) is 1. The molecule has 0 aliphatic rings. The van der Waals surface area contributed by atoms with E-state index in [1.54, 1.807) is 26.0 Å². The number of nitrogens with one attached hydrogen (secondary N) is 1. The smallest absolute Gasteiger partial charge is 0.212 e. The molecule has 0 aliphatic heterocycles. The lowest BCUT2D eigenvalue weighted by molar-refractivity contribution is 0.551. The lowest BCUT2D eigenvalue weighted by atomic mass is 10.1. The Kier molecular flexibility index (Phi) is 4.98. The highest BCUT2D eigenvalue weighted by atomic mass is 35.5. The lowest BCUT2D eigenvalue weighted by Gasteiger charge is -2.16. The van der Waals surface area contributed by atoms with E-state index < -0.39 is 15.3 Å². The van der Waals surface area contributed by atoms with Crippen LogP contribution >= 0.6 is 11.6 Å². The maximum absolute atomic E-state index is 11.7. The van der Waals surface area contributed by atoms with Crippen molar-refractivity contribution in [3.05, 3.63) is 34.9 Å². The van der Waals surface area contributed by atoms with Gasteiger partial charge in [-0.15, -0.1) is 0 Å². The molecule has 0 aliphatic carbocycles. The van der Waals surface area contributed by atoms with Crippen LogP contribution in [0.2, 0.25) is 5.02 Å². The van der Waals surface area contributed by atoms with Gasteiger partial charge in [0.25, 0.3) is 0 Å². The van der Waals surface area contributed by atoms with Gasteiger partial charge in [-0.05, 0) is 44.9 Å². The van der Waals surface area contributed by atoms with E-state index in [0.717, 1.165) is 5.56 Å². The largest absolute Gasteiger partial charge is 0.214 e. The van der Waals surface area contributed by atoms with E-state index in [4.69, 9.17) is 11.6 Å². The van der Waals surface area contributed by atoms with Gasteiger partial charge in [-0.2, -0.15) is 0 Å². The Balaban J connectivity index is 2.62. The van der Waals surface area contributed by atoms with Gasteiger partial charge in [0.05, 0.1) is 5.25 Å². The molecule has 1 rings (SSSR count). The summed E-state index contributed by atoms with van der Waals surface area (Å²) in [5.74, 6) is 0. The van der Waals surface area contributed by atoms with E-state index in [2.05, 4.69) is 4.72 Å². The van der Waals surface area contributed by atoms with Crippen molar-refractivity contribution >= 4 is 21.6 Å². The van der Waals surface area contributed by atoms with Crippen molar-refractivity contribution in [3.8, 4) is 0 Å². The van der Waals surface area contributed by atoms with E-state index in [-0.39, 0.29) is 6.04 Å². The normalized spacial score (nSPS) is 13.9. The van der Waals surface area contributed by atoms with Crippen molar-refractivity contribution in [2.75, 3.05) is 0 Å². The Morgan fingerprint density at radius 3 is 2.18 bits per heavy atom. The third-order valence-corrected chi connectivity index (χ3v) is 4.67. The maximum Gasteiger partial charge on any atom is 0.214 e. The van der Waals surface area contributed by atoms with Crippen molar-refractivity contribution in [2.24, 2.45) is 0 Å². The Hall–Kier alpha value is -0.580. The van der Waals surface area contributed by atoms with Crippen LogP contribution < -0.4 is 4.72 Å². The summed E-state index contributed by atoms with van der Waals surface area (Å²) in [4.78, 5) is 0. The minimum Gasteiger partial charge on any atom is -0.212 e. The second kappa shape index (κ2) is 5.85. The molecule has 0 aromatic heterocycles. The first-order valence-electron chi connectivity index (χ1n) is 5.57. The lowest BCUT2D eigenvalue weighted by Crippen LogP contribution is -2.38. The van der Waals surface area contributed by atoms with Gasteiger partial charge >= 0.3 is 0 Å². The Morgan fingerprint density at radius 1 is 1.18 bits per heavy atom. The average molecular weight is 276 g/mol. The van der Waals surface area contributed by atoms with Gasteiger partial charge in [-0.1, -0.05) is 23.7 Å². The molecule has 1 aromatic rings. The molecule has 0 saturated carbocycles. The first-order valence-corrected chi connectivity index (χ1v) is 7.49. The molecule has 0 heterocycles. The molecule has 1 unspecified atom stereocenters. The van der Waals surface area contributed by atoms with E-state index >= 15 is 0 Å². The summed E-state index contributed by atoms with van der Waals surface area (Å²) < 4.78 is 26.0. The van der Waals surface area contributed by atoms with Crippen LogP contribution in [0.25, 0.3) is 0 Å². The predicted octanol–water partition coefficient (Wildman–Crippen LogP) is 2.60. The molecule has 1 N–H and O–H groups in total. The molecule has 0 radical (unpaired) electrons. The summed E-state index contributed by atoms with van der Waals surface area (Å²) >= 11 is 5.78. The molecule has 5 heteroatoms. The summed E-state index contributed by atoms with van der Waals surface area (Å²) in [6.45, 7) is 5.18. The van der Waals surface area contributed by atoms with Crippen molar-refractivity contribution in [1.29, 1.82) is 0 Å². The molecule has 96 valence electrons. The zero-order valence-corrected chi connectivity index (χ0v) is 11.8. The topological polar surface area (TPSA) is 46.2 Å². The van der Waals surface area contributed by atoms with Gasteiger partial charge in [0.2, 0.25) is 10.0 Å². The monoisotopic (exact) mass is 275 g/mol. The van der Waals surface area contributed by atoms with Gasteiger partial charge in [0.15, 0.2) is 0 Å². The molecule has 1 aromatic carbocycles. The van der Waals surface area contributed by atoms with Crippen LogP contribution in [0.1, 0.15) is 26.3 Å². The minimum atomic E-state index is -3.20. The summed E-state index contributed by atoms with van der Waals surface area (Å²) in [5, 5.41) is 0.277. The molecule has 1 atom stereocenters. The first-order chi connectivity index (χ1) is 7.81. The van der Waals surface area contributed by atoms with E-state index in [1.807, 2.05) is 19.1 Å². The second-order valence-corrected chi connectivity index (χ2v) is 7.15. The Labute approximate surface area is 108 Å². The molecule has 0 spiro atoms. The number of rotatable bonds is 5. The van der Waals surface area contributed by atoms with Crippen LogP contribution in [0.15, 0.2) is 24.3 Å². The molecule has 0 bridgehead atoms. The van der Waals surface area contributed by atoms with Gasteiger partial charge in [0, 0.05) is 11.1 Å². The fourth-order valence-corrected chi connectivity index (χ4v) is 2.47. The van der Waals surface area contributed by atoms with E-state index in [0.29, 0.717) is 11.4 Å². The standard InChI is InChI=1S/C12H18ClNO2S/c1-9(2)17(15,16)14-10(3)8-11-4-6-12(13)7-5-11/h4-7,9-10,14H,8H2,1-3H3. The Bertz CT molecular complexity index is 454. The maximum atomic E-state index is 11.7. The van der Waals surface area contributed by atoms with E-state index in [9.17, 15) is 8.42 Å². The molecular weight excluding hydrogens is 258 g/mol. The fraction of sp³-hybridized carbons (Fsp3) is 0.500. The van der Waals surface area contributed by atoms with E-state index in [1.165, 1.54) is 0 Å². The van der Waals surface area contributed by atoms with Gasteiger partial charge in [-0.25, -0.2) is 13.1 Å². The van der Waals surface area contributed by atoms with Crippen LogP contribution in [0.4, 0.5) is 0 Å². The molecular formula is C12H18ClNO2S. The summed E-state index contributed by atoms with van der Waals surface area (Å²) in [5.41, 5.74) is 1.06. The quantitative estimate of drug-likeness (QED) is 0.898.